The van der Waals surface area contributed by atoms with Crippen molar-refractivity contribution in [3.8, 4) is 0 Å². The van der Waals surface area contributed by atoms with E-state index in [1.165, 1.54) is 0 Å². The Morgan fingerprint density at radius 1 is 0.933 bits per heavy atom. The Hall–Kier alpha value is 0.0900. The molecule has 3 aliphatic rings. The van der Waals surface area contributed by atoms with E-state index in [0.29, 0.717) is 12.0 Å². The standard InChI is InChI=1S/C6H10O4.C3H5ClO/c7-3-1-9-6-4(8)2-10-5(3)6;4-1-3-2-5-3/h3-8H,1-2H2;3H,1-2H2/t3-,4+,5-,6-;/m1./s1. The normalized spacial score (nSPS) is 47.0. The second kappa shape index (κ2) is 4.95. The van der Waals surface area contributed by atoms with Crippen LogP contribution in [0.15, 0.2) is 0 Å². The van der Waals surface area contributed by atoms with Gasteiger partial charge >= 0.3 is 0 Å². The number of hydrogen-bond donors (Lipinski definition) is 2. The van der Waals surface area contributed by atoms with Crippen LogP contribution in [0.1, 0.15) is 0 Å². The summed E-state index contributed by atoms with van der Waals surface area (Å²) in [6.45, 7) is 1.45. The number of fused-ring (bicyclic) bond motifs is 1. The van der Waals surface area contributed by atoms with E-state index in [-0.39, 0.29) is 25.4 Å². The maximum Gasteiger partial charge on any atom is 0.114 e. The van der Waals surface area contributed by atoms with Gasteiger partial charge in [-0.25, -0.2) is 0 Å². The number of aliphatic hydroxyl groups is 2. The monoisotopic (exact) mass is 238 g/mol. The van der Waals surface area contributed by atoms with Crippen LogP contribution in [-0.2, 0) is 14.2 Å². The third kappa shape index (κ3) is 2.81. The van der Waals surface area contributed by atoms with E-state index >= 15 is 0 Å². The van der Waals surface area contributed by atoms with Gasteiger partial charge in [-0.1, -0.05) is 0 Å². The molecule has 88 valence electrons. The zero-order valence-corrected chi connectivity index (χ0v) is 8.97. The summed E-state index contributed by atoms with van der Waals surface area (Å²) < 4.78 is 14.9. The summed E-state index contributed by atoms with van der Waals surface area (Å²) in [7, 11) is 0. The summed E-state index contributed by atoms with van der Waals surface area (Å²) in [5.74, 6) is 0.667. The summed E-state index contributed by atoms with van der Waals surface area (Å²) in [6.07, 6.45) is -1.30. The van der Waals surface area contributed by atoms with E-state index in [1.807, 2.05) is 0 Å². The molecule has 2 N–H and O–H groups in total. The number of rotatable bonds is 1. The first kappa shape index (κ1) is 11.6. The second-order valence-electron chi connectivity index (χ2n) is 3.84. The molecule has 3 saturated heterocycles. The van der Waals surface area contributed by atoms with Crippen molar-refractivity contribution in [2.24, 2.45) is 0 Å². The summed E-state index contributed by atoms with van der Waals surface area (Å²) in [5, 5.41) is 18.3. The second-order valence-corrected chi connectivity index (χ2v) is 4.15. The van der Waals surface area contributed by atoms with Crippen molar-refractivity contribution < 1.29 is 24.4 Å². The van der Waals surface area contributed by atoms with Crippen LogP contribution in [0, 0.1) is 0 Å². The topological polar surface area (TPSA) is 71.5 Å². The van der Waals surface area contributed by atoms with Crippen LogP contribution in [0.2, 0.25) is 0 Å². The molecule has 1 unspecified atom stereocenters. The van der Waals surface area contributed by atoms with E-state index in [2.05, 4.69) is 0 Å². The van der Waals surface area contributed by atoms with E-state index < -0.39 is 12.2 Å². The van der Waals surface area contributed by atoms with Gasteiger partial charge < -0.3 is 24.4 Å². The molecule has 0 aliphatic carbocycles. The molecule has 0 aromatic carbocycles. The van der Waals surface area contributed by atoms with Gasteiger partial charge in [-0.05, 0) is 0 Å². The molecule has 6 heteroatoms. The summed E-state index contributed by atoms with van der Waals surface area (Å²) in [4.78, 5) is 0. The maximum atomic E-state index is 9.16. The predicted octanol–water partition coefficient (Wildman–Crippen LogP) is -0.870. The van der Waals surface area contributed by atoms with Gasteiger partial charge in [0.15, 0.2) is 0 Å². The van der Waals surface area contributed by atoms with Crippen LogP contribution >= 0.6 is 11.6 Å². The Morgan fingerprint density at radius 2 is 1.40 bits per heavy atom. The van der Waals surface area contributed by atoms with Gasteiger partial charge in [-0.3, -0.25) is 0 Å². The fourth-order valence-electron chi connectivity index (χ4n) is 1.62. The van der Waals surface area contributed by atoms with Gasteiger partial charge in [0.2, 0.25) is 0 Å². The minimum Gasteiger partial charge on any atom is -0.388 e. The smallest absolute Gasteiger partial charge is 0.114 e. The van der Waals surface area contributed by atoms with Crippen LogP contribution in [0.5, 0.6) is 0 Å². The van der Waals surface area contributed by atoms with Gasteiger partial charge in [0.25, 0.3) is 0 Å². The highest BCUT2D eigenvalue weighted by molar-refractivity contribution is 6.18. The number of ether oxygens (including phenoxy) is 3. The molecule has 0 aromatic rings. The van der Waals surface area contributed by atoms with Crippen molar-refractivity contribution >= 4 is 11.6 Å². The largest absolute Gasteiger partial charge is 0.388 e. The zero-order chi connectivity index (χ0) is 10.8. The van der Waals surface area contributed by atoms with Crippen LogP contribution < -0.4 is 0 Å². The van der Waals surface area contributed by atoms with Crippen LogP contribution in [0.25, 0.3) is 0 Å². The number of halogens is 1. The molecule has 5 atom stereocenters. The Labute approximate surface area is 92.9 Å². The van der Waals surface area contributed by atoms with Crippen LogP contribution in [0.4, 0.5) is 0 Å². The molecule has 0 amide bonds. The van der Waals surface area contributed by atoms with Gasteiger partial charge in [0.1, 0.15) is 24.4 Å². The average Bonchev–Trinajstić information content (AvgIpc) is 2.92. The lowest BCUT2D eigenvalue weighted by molar-refractivity contribution is 0.00205. The van der Waals surface area contributed by atoms with Gasteiger partial charge in [0.05, 0.1) is 31.8 Å². The fourth-order valence-corrected chi connectivity index (χ4v) is 1.79. The van der Waals surface area contributed by atoms with Crippen molar-refractivity contribution in [1.82, 2.24) is 0 Å². The van der Waals surface area contributed by atoms with Crippen molar-refractivity contribution in [3.63, 3.8) is 0 Å². The lowest BCUT2D eigenvalue weighted by Crippen LogP contribution is -2.30. The molecule has 0 saturated carbocycles. The molecule has 3 rings (SSSR count). The SMILES string of the molecule is ClCC1CO1.O[C@@H]1CO[C@H]2[C@@H]1OC[C@@H]2O. The van der Waals surface area contributed by atoms with E-state index in [0.717, 1.165) is 6.61 Å². The lowest BCUT2D eigenvalue weighted by atomic mass is 10.1. The third-order valence-corrected chi connectivity index (χ3v) is 2.92. The minimum atomic E-state index is -0.554. The summed E-state index contributed by atoms with van der Waals surface area (Å²) >= 11 is 5.27. The Bertz CT molecular complexity index is 195. The molecular weight excluding hydrogens is 224 g/mol. The molecule has 3 fully saturated rings. The highest BCUT2D eigenvalue weighted by atomic mass is 35.5. The Morgan fingerprint density at radius 3 is 1.67 bits per heavy atom. The lowest BCUT2D eigenvalue weighted by Gasteiger charge is -2.09. The summed E-state index contributed by atoms with van der Waals surface area (Å²) in [5.41, 5.74) is 0. The van der Waals surface area contributed by atoms with E-state index in [1.54, 1.807) is 0 Å². The third-order valence-electron chi connectivity index (χ3n) is 2.58. The molecular formula is C9H15ClO5. The predicted molar refractivity (Wildman–Crippen MR) is 52.0 cm³/mol. The van der Waals surface area contributed by atoms with Crippen LogP contribution in [0.3, 0.4) is 0 Å². The van der Waals surface area contributed by atoms with E-state index in [4.69, 9.17) is 36.0 Å². The molecule has 0 radical (unpaired) electrons. The molecule has 0 bridgehead atoms. The maximum absolute atomic E-state index is 9.16. The number of aliphatic hydroxyl groups excluding tert-OH is 2. The molecule has 3 heterocycles. The van der Waals surface area contributed by atoms with Crippen molar-refractivity contribution in [1.29, 1.82) is 0 Å². The average molecular weight is 239 g/mol. The molecule has 0 spiro atoms. The first-order chi connectivity index (χ1) is 7.22. The minimum absolute atomic E-state index is 0.284. The van der Waals surface area contributed by atoms with Crippen molar-refractivity contribution in [2.75, 3.05) is 25.7 Å². The van der Waals surface area contributed by atoms with Gasteiger partial charge in [-0.15, -0.1) is 11.6 Å². The molecule has 3 aliphatic heterocycles. The fraction of sp³-hybridized carbons (Fsp3) is 1.00. The quantitative estimate of drug-likeness (QED) is 0.459. The molecule has 15 heavy (non-hydrogen) atoms. The number of hydrogen-bond acceptors (Lipinski definition) is 5. The molecule has 5 nitrogen and oxygen atoms in total. The Balaban J connectivity index is 0.000000144. The highest BCUT2D eigenvalue weighted by Crippen LogP contribution is 2.26. The Kier molecular flexibility index (Phi) is 3.82. The van der Waals surface area contributed by atoms with E-state index in [9.17, 15) is 0 Å². The van der Waals surface area contributed by atoms with Gasteiger partial charge in [-0.2, -0.15) is 0 Å². The van der Waals surface area contributed by atoms with Crippen LogP contribution in [-0.4, -0.2) is 66.4 Å². The van der Waals surface area contributed by atoms with Crippen molar-refractivity contribution in [3.05, 3.63) is 0 Å². The summed E-state index contributed by atoms with van der Waals surface area (Å²) in [6, 6.07) is 0. The van der Waals surface area contributed by atoms with Crippen molar-refractivity contribution in [2.45, 2.75) is 30.5 Å². The zero-order valence-electron chi connectivity index (χ0n) is 8.21. The highest BCUT2D eigenvalue weighted by Gasteiger charge is 2.46. The first-order valence-corrected chi connectivity index (χ1v) is 5.52. The number of alkyl halides is 1. The first-order valence-electron chi connectivity index (χ1n) is 4.99. The molecule has 0 aromatic heterocycles. The number of epoxide rings is 1. The van der Waals surface area contributed by atoms with Gasteiger partial charge in [0, 0.05) is 0 Å².